The van der Waals surface area contributed by atoms with Crippen molar-refractivity contribution in [2.24, 2.45) is 0 Å². The maximum absolute atomic E-state index is 12.9. The molecule has 4 rings (SSSR count). The van der Waals surface area contributed by atoms with Gasteiger partial charge in [0.15, 0.2) is 0 Å². The number of aryl methyl sites for hydroxylation is 1. The molecule has 2 N–H and O–H groups in total. The molecule has 37 heavy (non-hydrogen) atoms. The Hall–Kier alpha value is -2.34. The summed E-state index contributed by atoms with van der Waals surface area (Å²) in [5.41, 5.74) is 4.45. The molecule has 0 aliphatic rings. The van der Waals surface area contributed by atoms with Gasteiger partial charge >= 0.3 is 0 Å². The summed E-state index contributed by atoms with van der Waals surface area (Å²) in [5.74, 6) is 0.653. The summed E-state index contributed by atoms with van der Waals surface area (Å²) in [6.07, 6.45) is 0. The van der Waals surface area contributed by atoms with Crippen LogP contribution in [0.5, 0.6) is 0 Å². The largest absolute Gasteiger partial charge is 0.241 e. The summed E-state index contributed by atoms with van der Waals surface area (Å²) < 4.78 is 28.6. The molecule has 0 aliphatic heterocycles. The van der Waals surface area contributed by atoms with Crippen molar-refractivity contribution >= 4 is 21.8 Å². The van der Waals surface area contributed by atoms with Gasteiger partial charge in [-0.2, -0.15) is 0 Å². The standard InChI is InChI=1S/C20H19ClN2O2S.C10H14.Ru/c21-22-19(16-10-4-1-5-11-16)20(17-12-6-2-7-13-17)23-26(24,25)18-14-8-3-9-15-18;1-8(2)10-6-4-9(3)5-7-10;/h1-15,19-20,22-23H;4-8H,1-3H3;/t19-,20-;;/m1../s1. The summed E-state index contributed by atoms with van der Waals surface area (Å²) >= 11 is 6.04. The Morgan fingerprint density at radius 3 is 1.49 bits per heavy atom. The van der Waals surface area contributed by atoms with E-state index in [0.717, 1.165) is 11.1 Å². The molecule has 0 saturated heterocycles. The Labute approximate surface area is 239 Å². The van der Waals surface area contributed by atoms with E-state index in [2.05, 4.69) is 54.6 Å². The van der Waals surface area contributed by atoms with Crippen LogP contribution in [0.4, 0.5) is 0 Å². The number of halogens is 1. The second kappa shape index (κ2) is 15.2. The monoisotopic (exact) mass is 622 g/mol. The van der Waals surface area contributed by atoms with Gasteiger partial charge in [0.05, 0.1) is 17.0 Å². The van der Waals surface area contributed by atoms with Gasteiger partial charge in [-0.1, -0.05) is 123 Å². The molecule has 4 aromatic carbocycles. The molecule has 0 radical (unpaired) electrons. The molecular formula is C30H33ClN2O2RuS. The predicted molar refractivity (Wildman–Crippen MR) is 149 cm³/mol. The Morgan fingerprint density at radius 1 is 0.622 bits per heavy atom. The minimum atomic E-state index is -3.72. The van der Waals surface area contributed by atoms with Crippen LogP contribution in [-0.4, -0.2) is 8.42 Å². The van der Waals surface area contributed by atoms with Gasteiger partial charge in [0.2, 0.25) is 10.0 Å². The first kappa shape index (κ1) is 30.9. The Bertz CT molecular complexity index is 1290. The summed E-state index contributed by atoms with van der Waals surface area (Å²) in [7, 11) is -3.72. The number of hydrogen-bond acceptors (Lipinski definition) is 3. The maximum Gasteiger partial charge on any atom is 0.241 e. The number of nitrogens with one attached hydrogen (secondary N) is 2. The van der Waals surface area contributed by atoms with E-state index in [0.29, 0.717) is 5.92 Å². The van der Waals surface area contributed by atoms with Crippen molar-refractivity contribution in [3.05, 3.63) is 138 Å². The van der Waals surface area contributed by atoms with E-state index in [9.17, 15) is 8.42 Å². The third kappa shape index (κ3) is 9.17. The molecule has 0 bridgehead atoms. The van der Waals surface area contributed by atoms with Gasteiger partial charge in [0.1, 0.15) is 0 Å². The quantitative estimate of drug-likeness (QED) is 0.160. The van der Waals surface area contributed by atoms with Crippen molar-refractivity contribution in [3.8, 4) is 0 Å². The van der Waals surface area contributed by atoms with Crippen LogP contribution in [0.15, 0.2) is 120 Å². The predicted octanol–water partition coefficient (Wildman–Crippen LogP) is 7.31. The van der Waals surface area contributed by atoms with E-state index < -0.39 is 22.1 Å². The van der Waals surface area contributed by atoms with Crippen molar-refractivity contribution < 1.29 is 27.9 Å². The Morgan fingerprint density at radius 2 is 1.05 bits per heavy atom. The van der Waals surface area contributed by atoms with Crippen LogP contribution in [0.25, 0.3) is 0 Å². The average molecular weight is 622 g/mol. The van der Waals surface area contributed by atoms with Gasteiger partial charge < -0.3 is 0 Å². The third-order valence-corrected chi connectivity index (χ3v) is 7.54. The summed E-state index contributed by atoms with van der Waals surface area (Å²) in [4.78, 5) is 2.95. The van der Waals surface area contributed by atoms with E-state index in [1.54, 1.807) is 30.3 Å². The number of hydrogen-bond donors (Lipinski definition) is 2. The zero-order valence-corrected chi connectivity index (χ0v) is 24.5. The molecule has 4 aromatic rings. The topological polar surface area (TPSA) is 58.2 Å². The van der Waals surface area contributed by atoms with Crippen LogP contribution >= 0.6 is 11.8 Å². The van der Waals surface area contributed by atoms with E-state index in [4.69, 9.17) is 11.8 Å². The van der Waals surface area contributed by atoms with Crippen molar-refractivity contribution in [1.82, 2.24) is 9.56 Å². The third-order valence-electron chi connectivity index (χ3n) is 5.85. The van der Waals surface area contributed by atoms with Crippen molar-refractivity contribution in [3.63, 3.8) is 0 Å². The van der Waals surface area contributed by atoms with Gasteiger partial charge in [-0.15, -0.1) is 0 Å². The first-order valence-electron chi connectivity index (χ1n) is 11.9. The van der Waals surface area contributed by atoms with Crippen LogP contribution in [-0.2, 0) is 29.5 Å². The van der Waals surface area contributed by atoms with Crippen LogP contribution in [0.2, 0.25) is 0 Å². The van der Waals surface area contributed by atoms with Crippen LogP contribution < -0.4 is 9.56 Å². The van der Waals surface area contributed by atoms with Crippen LogP contribution in [0.1, 0.15) is 54.1 Å². The average Bonchev–Trinajstić information content (AvgIpc) is 2.91. The molecule has 0 aromatic heterocycles. The first-order chi connectivity index (χ1) is 17.3. The molecule has 2 atom stereocenters. The van der Waals surface area contributed by atoms with Gasteiger partial charge in [-0.05, 0) is 53.4 Å². The van der Waals surface area contributed by atoms with E-state index in [1.807, 2.05) is 60.7 Å². The Balaban J connectivity index is 0.000000369. The SMILES string of the molecule is Cc1ccc(C(C)C)cc1.O=S(=O)(N[C@H](c1ccccc1)[C@H](NCl)c1ccccc1)c1ccccc1.[Ru]. The summed E-state index contributed by atoms with van der Waals surface area (Å²) in [6, 6.07) is 34.9. The molecule has 0 aliphatic carbocycles. The van der Waals surface area contributed by atoms with E-state index in [1.165, 1.54) is 11.1 Å². The minimum Gasteiger partial charge on any atom is -0.224 e. The molecule has 0 heterocycles. The van der Waals surface area contributed by atoms with Gasteiger partial charge in [-0.25, -0.2) is 18.0 Å². The molecule has 0 unspecified atom stereocenters. The molecular weight excluding hydrogens is 589 g/mol. The first-order valence-corrected chi connectivity index (χ1v) is 13.8. The molecule has 0 spiro atoms. The minimum absolute atomic E-state index is 0. The van der Waals surface area contributed by atoms with E-state index in [-0.39, 0.29) is 24.4 Å². The van der Waals surface area contributed by atoms with Gasteiger partial charge in [0.25, 0.3) is 0 Å². The summed E-state index contributed by atoms with van der Waals surface area (Å²) in [6.45, 7) is 6.54. The zero-order valence-electron chi connectivity index (χ0n) is 21.2. The molecule has 196 valence electrons. The van der Waals surface area contributed by atoms with Gasteiger partial charge in [-0.3, -0.25) is 0 Å². The van der Waals surface area contributed by atoms with Gasteiger partial charge in [0, 0.05) is 19.5 Å². The van der Waals surface area contributed by atoms with Crippen LogP contribution in [0.3, 0.4) is 0 Å². The Kier molecular flexibility index (Phi) is 12.7. The number of benzene rings is 4. The molecule has 0 saturated carbocycles. The van der Waals surface area contributed by atoms with Crippen molar-refractivity contribution in [1.29, 1.82) is 0 Å². The van der Waals surface area contributed by atoms with Crippen molar-refractivity contribution in [2.75, 3.05) is 0 Å². The fourth-order valence-corrected chi connectivity index (χ4v) is 5.26. The molecule has 4 nitrogen and oxygen atoms in total. The van der Waals surface area contributed by atoms with E-state index >= 15 is 0 Å². The number of rotatable bonds is 8. The fraction of sp³-hybridized carbons (Fsp3) is 0.200. The van der Waals surface area contributed by atoms with Crippen molar-refractivity contribution in [2.45, 2.75) is 43.7 Å². The summed E-state index contributed by atoms with van der Waals surface area (Å²) in [5, 5.41) is 0. The molecule has 0 fully saturated rings. The smallest absolute Gasteiger partial charge is 0.224 e. The second-order valence-electron chi connectivity index (χ2n) is 8.89. The molecule has 7 heteroatoms. The van der Waals surface area contributed by atoms with Crippen LogP contribution in [0, 0.1) is 6.92 Å². The maximum atomic E-state index is 12.9. The second-order valence-corrected chi connectivity index (χ2v) is 10.8. The zero-order chi connectivity index (χ0) is 26.0. The normalized spacial score (nSPS) is 12.6. The number of sulfonamides is 1. The fourth-order valence-electron chi connectivity index (χ4n) is 3.75. The molecule has 0 amide bonds.